The first-order valence-electron chi connectivity index (χ1n) is 17.9. The van der Waals surface area contributed by atoms with E-state index in [4.69, 9.17) is 10.5 Å². The Hall–Kier alpha value is -6.89. The van der Waals surface area contributed by atoms with Crippen LogP contribution in [0.15, 0.2) is 224 Å². The summed E-state index contributed by atoms with van der Waals surface area (Å²) in [6.07, 6.45) is 14.5. The van der Waals surface area contributed by atoms with Gasteiger partial charge in [-0.3, -0.25) is 0 Å². The van der Waals surface area contributed by atoms with Crippen molar-refractivity contribution >= 4 is 57.3 Å². The Labute approximate surface area is 329 Å². The van der Waals surface area contributed by atoms with E-state index in [1.54, 1.807) is 18.2 Å². The van der Waals surface area contributed by atoms with Crippen molar-refractivity contribution in [2.45, 2.75) is 16.7 Å². The quantitative estimate of drug-likeness (QED) is 0.152. The molecule has 0 saturated carbocycles. The topological polar surface area (TPSA) is 53.8 Å². The average Bonchev–Trinajstić information content (AvgIpc) is 3.24. The number of nitrogens with two attached hydrogens (primary N) is 1. The molecule has 2 aliphatic heterocycles. The normalized spacial score (nSPS) is 12.3. The molecule has 272 valence electrons. The maximum Gasteiger partial charge on any atom is 0.151 e. The number of hydrogen-bond acceptors (Lipinski definition) is 6. The molecule has 0 fully saturated rings. The molecule has 5 nitrogen and oxygen atoms in total. The van der Waals surface area contributed by atoms with Crippen molar-refractivity contribution < 1.29 is 4.74 Å². The van der Waals surface area contributed by atoms with E-state index in [2.05, 4.69) is 144 Å². The minimum atomic E-state index is 0.652. The zero-order chi connectivity index (χ0) is 38.4. The van der Waals surface area contributed by atoms with Crippen molar-refractivity contribution in [3.63, 3.8) is 0 Å². The minimum absolute atomic E-state index is 0.652. The molecule has 0 aromatic heterocycles. The molecule has 0 bridgehead atoms. The van der Waals surface area contributed by atoms with Crippen LogP contribution < -0.4 is 25.6 Å². The first-order valence-corrected chi connectivity index (χ1v) is 18.8. The predicted octanol–water partition coefficient (Wildman–Crippen LogP) is 14.2. The number of nitrogens with zero attached hydrogens (tertiary/aromatic N) is 2. The van der Waals surface area contributed by atoms with Crippen LogP contribution in [0.25, 0.3) is 5.70 Å². The fraction of sp³-hybridized carbons (Fsp3) is 0.0204. The maximum absolute atomic E-state index is 6.53. The van der Waals surface area contributed by atoms with Gasteiger partial charge in [0, 0.05) is 33.1 Å². The van der Waals surface area contributed by atoms with Crippen LogP contribution in [0.2, 0.25) is 0 Å². The smallest absolute Gasteiger partial charge is 0.151 e. The highest BCUT2D eigenvalue weighted by molar-refractivity contribution is 7.99. The monoisotopic (exact) mass is 736 g/mol. The molecular weight excluding hydrogens is 693 g/mol. The van der Waals surface area contributed by atoms with Gasteiger partial charge in [-0.15, -0.1) is 0 Å². The third kappa shape index (κ3) is 9.02. The van der Waals surface area contributed by atoms with Crippen molar-refractivity contribution in [1.82, 2.24) is 0 Å². The molecule has 2 aliphatic rings. The molecule has 6 heteroatoms. The molecule has 3 N–H and O–H groups in total. The van der Waals surface area contributed by atoms with Crippen LogP contribution in [-0.4, -0.2) is 0 Å². The summed E-state index contributed by atoms with van der Waals surface area (Å²) < 4.78 is 6.16. The number of anilines is 7. The largest absolute Gasteiger partial charge is 0.453 e. The van der Waals surface area contributed by atoms with E-state index >= 15 is 0 Å². The number of ether oxygens (including phenoxy) is 1. The second-order valence-corrected chi connectivity index (χ2v) is 13.3. The fourth-order valence-electron chi connectivity index (χ4n) is 6.01. The van der Waals surface area contributed by atoms with Crippen LogP contribution in [0, 0.1) is 0 Å². The molecule has 8 rings (SSSR count). The number of fused-ring (bicyclic) bond motifs is 4. The molecule has 0 saturated heterocycles. The van der Waals surface area contributed by atoms with E-state index in [0.717, 1.165) is 45.5 Å². The van der Waals surface area contributed by atoms with E-state index in [1.807, 2.05) is 85.6 Å². The minimum Gasteiger partial charge on any atom is -0.453 e. The summed E-state index contributed by atoms with van der Waals surface area (Å²) in [6.45, 7) is 12.4. The molecule has 0 amide bonds. The lowest BCUT2D eigenvalue weighted by Crippen LogP contribution is -2.15. The Kier molecular flexibility index (Phi) is 12.9. The van der Waals surface area contributed by atoms with Gasteiger partial charge in [0.1, 0.15) is 0 Å². The Morgan fingerprint density at radius 3 is 1.47 bits per heavy atom. The van der Waals surface area contributed by atoms with Crippen molar-refractivity contribution in [2.75, 3.05) is 15.1 Å². The fourth-order valence-corrected chi connectivity index (χ4v) is 7.07. The molecule has 0 atom stereocenters. The number of rotatable bonds is 8. The van der Waals surface area contributed by atoms with Crippen molar-refractivity contribution in [2.24, 2.45) is 5.73 Å². The van der Waals surface area contributed by atoms with Crippen LogP contribution in [-0.2, 0) is 0 Å². The maximum atomic E-state index is 6.53. The zero-order valence-electron chi connectivity index (χ0n) is 30.9. The van der Waals surface area contributed by atoms with Gasteiger partial charge in [0.05, 0.1) is 28.4 Å². The third-order valence-corrected chi connectivity index (χ3v) is 9.69. The van der Waals surface area contributed by atoms with E-state index in [1.165, 1.54) is 21.2 Å². The SMILES string of the molecule is C=C/C=C\C.C=C/C=C\C=C.N/C(=C\Nc1ccc(N2c3ccccc3Sc3ccccc32)cc1)c1ccc(N2c3ccccc3Oc3ccccc32)cc1. The molecule has 6 aromatic rings. The Bertz CT molecular complexity index is 2240. The Morgan fingerprint density at radius 2 is 1.00 bits per heavy atom. The first kappa shape index (κ1) is 37.9. The van der Waals surface area contributed by atoms with Gasteiger partial charge < -0.3 is 25.6 Å². The number of allylic oxidation sites excluding steroid dienone is 7. The number of hydrogen-bond donors (Lipinski definition) is 2. The average molecular weight is 737 g/mol. The molecular formula is C49H44N4OS. The molecule has 55 heavy (non-hydrogen) atoms. The Morgan fingerprint density at radius 1 is 0.564 bits per heavy atom. The van der Waals surface area contributed by atoms with Crippen molar-refractivity contribution in [1.29, 1.82) is 0 Å². The van der Waals surface area contributed by atoms with Gasteiger partial charge in [-0.25, -0.2) is 0 Å². The summed E-state index contributed by atoms with van der Waals surface area (Å²) >= 11 is 1.81. The third-order valence-electron chi connectivity index (χ3n) is 8.55. The van der Waals surface area contributed by atoms with Gasteiger partial charge in [0.15, 0.2) is 11.5 Å². The Balaban J connectivity index is 0.000000413. The van der Waals surface area contributed by atoms with Gasteiger partial charge in [0.25, 0.3) is 0 Å². The summed E-state index contributed by atoms with van der Waals surface area (Å²) in [5, 5.41) is 3.38. The summed E-state index contributed by atoms with van der Waals surface area (Å²) in [5.74, 6) is 1.66. The summed E-state index contributed by atoms with van der Waals surface area (Å²) in [5.41, 5.74) is 15.6. The molecule has 0 unspecified atom stereocenters. The van der Waals surface area contributed by atoms with Crippen LogP contribution in [0.4, 0.5) is 39.8 Å². The summed E-state index contributed by atoms with van der Waals surface area (Å²) in [7, 11) is 0. The molecule has 0 radical (unpaired) electrons. The van der Waals surface area contributed by atoms with Crippen molar-refractivity contribution in [3.8, 4) is 11.5 Å². The number of benzene rings is 6. The van der Waals surface area contributed by atoms with Gasteiger partial charge in [-0.2, -0.15) is 0 Å². The lowest BCUT2D eigenvalue weighted by atomic mass is 10.1. The second-order valence-electron chi connectivity index (χ2n) is 12.2. The number of nitrogens with one attached hydrogen (secondary N) is 1. The van der Waals surface area contributed by atoms with Crippen LogP contribution >= 0.6 is 11.8 Å². The van der Waals surface area contributed by atoms with Gasteiger partial charge in [-0.05, 0) is 97.4 Å². The lowest BCUT2D eigenvalue weighted by Gasteiger charge is -2.32. The second kappa shape index (κ2) is 18.7. The first-order chi connectivity index (χ1) is 27.1. The van der Waals surface area contributed by atoms with E-state index in [9.17, 15) is 0 Å². The van der Waals surface area contributed by atoms with Crippen LogP contribution in [0.3, 0.4) is 0 Å². The molecule has 0 aliphatic carbocycles. The lowest BCUT2D eigenvalue weighted by molar-refractivity contribution is 0.477. The predicted molar refractivity (Wildman–Crippen MR) is 237 cm³/mol. The highest BCUT2D eigenvalue weighted by atomic mass is 32.2. The van der Waals surface area contributed by atoms with E-state index in [0.29, 0.717) is 5.70 Å². The zero-order valence-corrected chi connectivity index (χ0v) is 31.7. The van der Waals surface area contributed by atoms with Gasteiger partial charge in [-0.1, -0.05) is 135 Å². The summed E-state index contributed by atoms with van der Waals surface area (Å²) in [4.78, 5) is 7.03. The van der Waals surface area contributed by atoms with Gasteiger partial charge >= 0.3 is 0 Å². The highest BCUT2D eigenvalue weighted by Crippen LogP contribution is 2.52. The number of para-hydroxylation sites is 6. The van der Waals surface area contributed by atoms with Crippen LogP contribution in [0.5, 0.6) is 11.5 Å². The summed E-state index contributed by atoms with van der Waals surface area (Å²) in [6, 6.07) is 50.0. The molecule has 0 spiro atoms. The van der Waals surface area contributed by atoms with Crippen LogP contribution in [0.1, 0.15) is 12.5 Å². The standard InChI is InChI=1S/C38H28N4OS.C6H8.C5H8/c39-30(26-17-21-28(22-18-26)41-31-9-1-5-13-35(31)43-36-14-6-2-10-32(36)41)25-40-27-19-23-29(24-20-27)42-33-11-3-7-15-37(33)44-38-16-8-4-12-34(38)42;1-3-5-6-4-2;1-3-5-4-2/h1-25,40H,39H2;3-6H,1-2H2;3-5H,1H2,2H3/b30-25-;6-5-;5-4-. The molecule has 6 aromatic carbocycles. The van der Waals surface area contributed by atoms with E-state index < -0.39 is 0 Å². The highest BCUT2D eigenvalue weighted by Gasteiger charge is 2.26. The molecule has 2 heterocycles. The van der Waals surface area contributed by atoms with Crippen molar-refractivity contribution in [3.05, 3.63) is 220 Å². The van der Waals surface area contributed by atoms with Gasteiger partial charge in [0.2, 0.25) is 0 Å². The van der Waals surface area contributed by atoms with E-state index in [-0.39, 0.29) is 0 Å².